The van der Waals surface area contributed by atoms with Crippen LogP contribution in [0.25, 0.3) is 10.9 Å². The van der Waals surface area contributed by atoms with Crippen molar-refractivity contribution in [2.24, 2.45) is 7.05 Å². The van der Waals surface area contributed by atoms with Gasteiger partial charge in [0.05, 0.1) is 0 Å². The molecule has 3 nitrogen and oxygen atoms in total. The first-order valence-corrected chi connectivity index (χ1v) is 9.60. The van der Waals surface area contributed by atoms with Crippen LogP contribution in [0.15, 0.2) is 54.7 Å². The van der Waals surface area contributed by atoms with E-state index in [0.717, 1.165) is 23.8 Å². The summed E-state index contributed by atoms with van der Waals surface area (Å²) in [4.78, 5) is 2.25. The Hall–Kier alpha value is -2.33. The van der Waals surface area contributed by atoms with Crippen molar-refractivity contribution in [2.75, 3.05) is 5.32 Å². The number of hydrogen-bond donors (Lipinski definition) is 1. The predicted octanol–water partition coefficient (Wildman–Crippen LogP) is 5.35. The normalized spacial score (nSPS) is 11.1. The van der Waals surface area contributed by atoms with Crippen LogP contribution >= 0.6 is 12.2 Å². The molecule has 0 aliphatic carbocycles. The first-order valence-electron chi connectivity index (χ1n) is 9.19. The third-order valence-electron chi connectivity index (χ3n) is 4.84. The molecular formula is C22H27N3S. The fraction of sp³-hybridized carbons (Fsp3) is 0.318. The van der Waals surface area contributed by atoms with E-state index >= 15 is 0 Å². The average Bonchev–Trinajstić information content (AvgIpc) is 2.96. The number of para-hydroxylation sites is 2. The molecule has 0 spiro atoms. The summed E-state index contributed by atoms with van der Waals surface area (Å²) >= 11 is 5.78. The molecule has 1 N–H and O–H groups in total. The van der Waals surface area contributed by atoms with Gasteiger partial charge in [-0.05, 0) is 55.7 Å². The maximum atomic E-state index is 5.78. The molecule has 3 aromatic rings. The van der Waals surface area contributed by atoms with E-state index in [9.17, 15) is 0 Å². The zero-order valence-electron chi connectivity index (χ0n) is 16.0. The van der Waals surface area contributed by atoms with Gasteiger partial charge in [-0.1, -0.05) is 43.3 Å². The number of rotatable bonds is 5. The van der Waals surface area contributed by atoms with Gasteiger partial charge in [-0.15, -0.1) is 0 Å². The Balaban J connectivity index is 1.86. The summed E-state index contributed by atoms with van der Waals surface area (Å²) in [5.41, 5.74) is 4.93. The molecule has 0 aliphatic heterocycles. The van der Waals surface area contributed by atoms with Gasteiger partial charge in [-0.2, -0.15) is 0 Å². The monoisotopic (exact) mass is 365 g/mol. The molecule has 1 heterocycles. The van der Waals surface area contributed by atoms with Gasteiger partial charge in [0.1, 0.15) is 0 Å². The SMILES string of the molecule is CCc1ccccc1NC(=S)N(Cc1cn(C)c2ccccc12)C(C)C. The summed E-state index contributed by atoms with van der Waals surface area (Å²) in [6.07, 6.45) is 3.19. The summed E-state index contributed by atoms with van der Waals surface area (Å²) < 4.78 is 2.19. The van der Waals surface area contributed by atoms with Crippen LogP contribution in [0.4, 0.5) is 5.69 Å². The fourth-order valence-corrected chi connectivity index (χ4v) is 3.75. The smallest absolute Gasteiger partial charge is 0.173 e. The second kappa shape index (κ2) is 7.92. The molecule has 0 radical (unpaired) electrons. The Kier molecular flexibility index (Phi) is 5.62. The topological polar surface area (TPSA) is 20.2 Å². The van der Waals surface area contributed by atoms with Crippen molar-refractivity contribution in [3.8, 4) is 0 Å². The lowest BCUT2D eigenvalue weighted by atomic mass is 10.1. The second-order valence-electron chi connectivity index (χ2n) is 6.94. The summed E-state index contributed by atoms with van der Waals surface area (Å²) in [5.74, 6) is 0. The van der Waals surface area contributed by atoms with E-state index in [1.54, 1.807) is 0 Å². The molecular weight excluding hydrogens is 338 g/mol. The molecule has 26 heavy (non-hydrogen) atoms. The first-order chi connectivity index (χ1) is 12.5. The number of anilines is 1. The summed E-state index contributed by atoms with van der Waals surface area (Å²) in [7, 11) is 2.10. The van der Waals surface area contributed by atoms with Gasteiger partial charge < -0.3 is 14.8 Å². The van der Waals surface area contributed by atoms with Crippen molar-refractivity contribution < 1.29 is 0 Å². The molecule has 0 atom stereocenters. The van der Waals surface area contributed by atoms with Crippen LogP contribution in [0.5, 0.6) is 0 Å². The van der Waals surface area contributed by atoms with Gasteiger partial charge in [0, 0.05) is 42.4 Å². The van der Waals surface area contributed by atoms with Gasteiger partial charge in [-0.25, -0.2) is 0 Å². The lowest BCUT2D eigenvalue weighted by molar-refractivity contribution is 0.349. The maximum Gasteiger partial charge on any atom is 0.173 e. The third-order valence-corrected chi connectivity index (χ3v) is 5.18. The Morgan fingerprint density at radius 2 is 1.77 bits per heavy atom. The fourth-order valence-electron chi connectivity index (χ4n) is 3.36. The van der Waals surface area contributed by atoms with E-state index in [1.807, 2.05) is 0 Å². The van der Waals surface area contributed by atoms with Crippen LogP contribution in [0.3, 0.4) is 0 Å². The van der Waals surface area contributed by atoms with E-state index in [4.69, 9.17) is 12.2 Å². The van der Waals surface area contributed by atoms with Gasteiger partial charge in [-0.3, -0.25) is 0 Å². The summed E-state index contributed by atoms with van der Waals surface area (Å²) in [5, 5.41) is 5.53. The molecule has 2 aromatic carbocycles. The van der Waals surface area contributed by atoms with Crippen LogP contribution in [0, 0.1) is 0 Å². The van der Waals surface area contributed by atoms with Crippen molar-refractivity contribution in [1.29, 1.82) is 0 Å². The van der Waals surface area contributed by atoms with E-state index in [0.29, 0.717) is 6.04 Å². The number of nitrogens with zero attached hydrogens (tertiary/aromatic N) is 2. The Labute approximate surface area is 161 Å². The van der Waals surface area contributed by atoms with Crippen LogP contribution in [0.2, 0.25) is 0 Å². The van der Waals surface area contributed by atoms with Gasteiger partial charge in [0.2, 0.25) is 0 Å². The minimum atomic E-state index is 0.308. The quantitative estimate of drug-likeness (QED) is 0.616. The lowest BCUT2D eigenvalue weighted by Gasteiger charge is -2.30. The number of hydrogen-bond acceptors (Lipinski definition) is 1. The van der Waals surface area contributed by atoms with Crippen molar-refractivity contribution in [3.05, 3.63) is 65.9 Å². The molecule has 0 amide bonds. The predicted molar refractivity (Wildman–Crippen MR) is 116 cm³/mol. The Morgan fingerprint density at radius 1 is 1.08 bits per heavy atom. The highest BCUT2D eigenvalue weighted by atomic mass is 32.1. The van der Waals surface area contributed by atoms with Gasteiger partial charge in [0.25, 0.3) is 0 Å². The molecule has 0 saturated carbocycles. The number of aromatic nitrogens is 1. The van der Waals surface area contributed by atoms with Crippen molar-refractivity contribution in [3.63, 3.8) is 0 Å². The van der Waals surface area contributed by atoms with Gasteiger partial charge >= 0.3 is 0 Å². The molecule has 1 aromatic heterocycles. The highest BCUT2D eigenvalue weighted by Crippen LogP contribution is 2.23. The van der Waals surface area contributed by atoms with Crippen LogP contribution < -0.4 is 5.32 Å². The number of benzene rings is 2. The highest BCUT2D eigenvalue weighted by Gasteiger charge is 2.17. The highest BCUT2D eigenvalue weighted by molar-refractivity contribution is 7.80. The van der Waals surface area contributed by atoms with E-state index in [-0.39, 0.29) is 0 Å². The summed E-state index contributed by atoms with van der Waals surface area (Å²) in [6, 6.07) is 17.2. The molecule has 0 aliphatic rings. The van der Waals surface area contributed by atoms with E-state index < -0.39 is 0 Å². The zero-order chi connectivity index (χ0) is 18.7. The lowest BCUT2D eigenvalue weighted by Crippen LogP contribution is -2.39. The minimum Gasteiger partial charge on any atom is -0.350 e. The number of fused-ring (bicyclic) bond motifs is 1. The van der Waals surface area contributed by atoms with E-state index in [2.05, 4.69) is 97.3 Å². The van der Waals surface area contributed by atoms with Crippen LogP contribution in [-0.4, -0.2) is 20.6 Å². The largest absolute Gasteiger partial charge is 0.350 e. The Morgan fingerprint density at radius 3 is 2.50 bits per heavy atom. The minimum absolute atomic E-state index is 0.308. The zero-order valence-corrected chi connectivity index (χ0v) is 16.8. The standard InChI is InChI=1S/C22H27N3S/c1-5-17-10-6-8-12-20(17)23-22(26)25(16(2)3)15-18-14-24(4)21-13-9-7-11-19(18)21/h6-14,16H,5,15H2,1-4H3,(H,23,26). The molecule has 0 fully saturated rings. The van der Waals surface area contributed by atoms with Crippen molar-refractivity contribution in [2.45, 2.75) is 39.8 Å². The molecule has 3 rings (SSSR count). The maximum absolute atomic E-state index is 5.78. The van der Waals surface area contributed by atoms with Gasteiger partial charge in [0.15, 0.2) is 5.11 Å². The number of nitrogens with one attached hydrogen (secondary N) is 1. The number of aryl methyl sites for hydroxylation is 2. The Bertz CT molecular complexity index is 911. The molecule has 0 bridgehead atoms. The molecule has 0 unspecified atom stereocenters. The van der Waals surface area contributed by atoms with Crippen LogP contribution in [-0.2, 0) is 20.0 Å². The van der Waals surface area contributed by atoms with Crippen molar-refractivity contribution >= 4 is 33.9 Å². The molecule has 136 valence electrons. The van der Waals surface area contributed by atoms with E-state index in [1.165, 1.54) is 22.0 Å². The average molecular weight is 366 g/mol. The summed E-state index contributed by atoms with van der Waals surface area (Å²) in [6.45, 7) is 7.33. The second-order valence-corrected chi connectivity index (χ2v) is 7.33. The van der Waals surface area contributed by atoms with Crippen LogP contribution in [0.1, 0.15) is 31.9 Å². The molecule has 0 saturated heterocycles. The number of thiocarbonyl (C=S) groups is 1. The molecule has 4 heteroatoms. The van der Waals surface area contributed by atoms with Crippen molar-refractivity contribution in [1.82, 2.24) is 9.47 Å². The first kappa shape index (κ1) is 18.5. The third kappa shape index (κ3) is 3.75.